The molecule has 0 atom stereocenters. The third kappa shape index (κ3) is 4.42. The summed E-state index contributed by atoms with van der Waals surface area (Å²) >= 11 is 0. The van der Waals surface area contributed by atoms with Crippen LogP contribution in [0.4, 0.5) is 5.82 Å². The van der Waals surface area contributed by atoms with Gasteiger partial charge >= 0.3 is 0 Å². The topological polar surface area (TPSA) is 61.3 Å². The standard InChI is InChI=1S/C15H26N4O/c1-2-16-15-11-17-13(10-18-15)12-19(8-9-20)14-6-4-3-5-7-14/h10-11,14,20H,2-9,12H2,1H3,(H,16,18). The third-order valence-electron chi connectivity index (χ3n) is 3.91. The van der Waals surface area contributed by atoms with Crippen LogP contribution in [-0.2, 0) is 6.54 Å². The third-order valence-corrected chi connectivity index (χ3v) is 3.91. The highest BCUT2D eigenvalue weighted by Crippen LogP contribution is 2.23. The summed E-state index contributed by atoms with van der Waals surface area (Å²) in [6.07, 6.45) is 10.1. The molecule has 1 fully saturated rings. The van der Waals surface area contributed by atoms with Gasteiger partial charge in [-0.05, 0) is 19.8 Å². The van der Waals surface area contributed by atoms with Crippen LogP contribution < -0.4 is 5.32 Å². The average molecular weight is 278 g/mol. The van der Waals surface area contributed by atoms with Gasteiger partial charge in [0.25, 0.3) is 0 Å². The van der Waals surface area contributed by atoms with Crippen LogP contribution in [0.3, 0.4) is 0 Å². The maximum atomic E-state index is 9.27. The number of aromatic nitrogens is 2. The molecule has 0 amide bonds. The van der Waals surface area contributed by atoms with Gasteiger partial charge in [-0.2, -0.15) is 0 Å². The van der Waals surface area contributed by atoms with Crippen LogP contribution in [-0.4, -0.2) is 45.7 Å². The molecule has 20 heavy (non-hydrogen) atoms. The maximum Gasteiger partial charge on any atom is 0.144 e. The van der Waals surface area contributed by atoms with Gasteiger partial charge in [-0.15, -0.1) is 0 Å². The number of rotatable bonds is 7. The quantitative estimate of drug-likeness (QED) is 0.799. The van der Waals surface area contributed by atoms with Crippen LogP contribution in [0.15, 0.2) is 12.4 Å². The monoisotopic (exact) mass is 278 g/mol. The number of nitrogens with one attached hydrogen (secondary N) is 1. The lowest BCUT2D eigenvalue weighted by Gasteiger charge is -2.33. The van der Waals surface area contributed by atoms with Gasteiger partial charge in [0.15, 0.2) is 0 Å². The van der Waals surface area contributed by atoms with Crippen LogP contribution in [0, 0.1) is 0 Å². The van der Waals surface area contributed by atoms with Crippen molar-refractivity contribution in [3.05, 3.63) is 18.1 Å². The van der Waals surface area contributed by atoms with E-state index in [1.54, 1.807) is 6.20 Å². The Balaban J connectivity index is 1.95. The summed E-state index contributed by atoms with van der Waals surface area (Å²) < 4.78 is 0. The van der Waals surface area contributed by atoms with E-state index in [1.165, 1.54) is 32.1 Å². The Labute approximate surface area is 121 Å². The Bertz CT molecular complexity index is 376. The van der Waals surface area contributed by atoms with E-state index < -0.39 is 0 Å². The van der Waals surface area contributed by atoms with Crippen LogP contribution in [0.5, 0.6) is 0 Å². The highest BCUT2D eigenvalue weighted by atomic mass is 16.3. The predicted octanol–water partition coefficient (Wildman–Crippen LogP) is 2.04. The summed E-state index contributed by atoms with van der Waals surface area (Å²) in [6, 6.07) is 0.589. The molecule has 0 bridgehead atoms. The molecule has 0 aliphatic heterocycles. The molecule has 1 aromatic rings. The Kier molecular flexibility index (Phi) is 6.21. The average Bonchev–Trinajstić information content (AvgIpc) is 2.50. The number of nitrogens with zero attached hydrogens (tertiary/aromatic N) is 3. The molecule has 5 nitrogen and oxygen atoms in total. The van der Waals surface area contributed by atoms with E-state index in [9.17, 15) is 5.11 Å². The molecule has 2 rings (SSSR count). The minimum absolute atomic E-state index is 0.208. The molecule has 0 radical (unpaired) electrons. The lowest BCUT2D eigenvalue weighted by molar-refractivity contribution is 0.116. The van der Waals surface area contributed by atoms with Gasteiger partial charge in [0.2, 0.25) is 0 Å². The highest BCUT2D eigenvalue weighted by Gasteiger charge is 2.21. The first-order valence-corrected chi connectivity index (χ1v) is 7.73. The van der Waals surface area contributed by atoms with Gasteiger partial charge in [-0.25, -0.2) is 4.98 Å². The minimum Gasteiger partial charge on any atom is -0.395 e. The van der Waals surface area contributed by atoms with Crippen molar-refractivity contribution in [2.45, 2.75) is 51.6 Å². The fourth-order valence-corrected chi connectivity index (χ4v) is 2.88. The lowest BCUT2D eigenvalue weighted by atomic mass is 9.94. The lowest BCUT2D eigenvalue weighted by Crippen LogP contribution is -2.38. The van der Waals surface area contributed by atoms with E-state index >= 15 is 0 Å². The molecule has 1 aliphatic carbocycles. The van der Waals surface area contributed by atoms with Crippen LogP contribution in [0.2, 0.25) is 0 Å². The summed E-state index contributed by atoms with van der Waals surface area (Å²) in [6.45, 7) is 4.61. The number of aliphatic hydroxyl groups excluding tert-OH is 1. The van der Waals surface area contributed by atoms with Crippen molar-refractivity contribution >= 4 is 5.82 Å². The first-order valence-electron chi connectivity index (χ1n) is 7.73. The number of anilines is 1. The van der Waals surface area contributed by atoms with Crippen molar-refractivity contribution in [1.29, 1.82) is 0 Å². The predicted molar refractivity (Wildman–Crippen MR) is 80.6 cm³/mol. The number of hydrogen-bond acceptors (Lipinski definition) is 5. The Morgan fingerprint density at radius 2 is 2.05 bits per heavy atom. The van der Waals surface area contributed by atoms with Gasteiger partial charge in [0.1, 0.15) is 5.82 Å². The Hall–Kier alpha value is -1.20. The zero-order valence-electron chi connectivity index (χ0n) is 12.4. The van der Waals surface area contributed by atoms with E-state index in [4.69, 9.17) is 0 Å². The molecule has 1 heterocycles. The molecule has 0 aromatic carbocycles. The summed E-state index contributed by atoms with van der Waals surface area (Å²) in [5.41, 5.74) is 0.977. The smallest absolute Gasteiger partial charge is 0.144 e. The Morgan fingerprint density at radius 3 is 2.65 bits per heavy atom. The summed E-state index contributed by atoms with van der Waals surface area (Å²) in [5.74, 6) is 0.822. The van der Waals surface area contributed by atoms with Gasteiger partial charge < -0.3 is 10.4 Å². The van der Waals surface area contributed by atoms with Crippen LogP contribution in [0.1, 0.15) is 44.7 Å². The van der Waals surface area contributed by atoms with Crippen molar-refractivity contribution in [2.24, 2.45) is 0 Å². The second-order valence-electron chi connectivity index (χ2n) is 5.41. The van der Waals surface area contributed by atoms with Crippen molar-refractivity contribution in [3.63, 3.8) is 0 Å². The van der Waals surface area contributed by atoms with E-state index in [0.717, 1.165) is 31.1 Å². The van der Waals surface area contributed by atoms with Gasteiger partial charge in [0.05, 0.1) is 24.7 Å². The van der Waals surface area contributed by atoms with Gasteiger partial charge in [-0.3, -0.25) is 9.88 Å². The number of hydrogen-bond donors (Lipinski definition) is 2. The van der Waals surface area contributed by atoms with E-state index in [-0.39, 0.29) is 6.61 Å². The molecular weight excluding hydrogens is 252 g/mol. The van der Waals surface area contributed by atoms with Crippen molar-refractivity contribution in [1.82, 2.24) is 14.9 Å². The molecule has 1 aliphatic rings. The minimum atomic E-state index is 0.208. The van der Waals surface area contributed by atoms with Gasteiger partial charge in [-0.1, -0.05) is 19.3 Å². The molecule has 0 spiro atoms. The molecule has 2 N–H and O–H groups in total. The van der Waals surface area contributed by atoms with E-state index in [2.05, 4.69) is 20.2 Å². The SMILES string of the molecule is CCNc1cnc(CN(CCO)C2CCCCC2)cn1. The molecule has 1 aromatic heterocycles. The van der Waals surface area contributed by atoms with Crippen molar-refractivity contribution in [3.8, 4) is 0 Å². The number of aliphatic hydroxyl groups is 1. The summed E-state index contributed by atoms with van der Waals surface area (Å²) in [5, 5.41) is 12.4. The highest BCUT2D eigenvalue weighted by molar-refractivity contribution is 5.30. The van der Waals surface area contributed by atoms with Crippen molar-refractivity contribution in [2.75, 3.05) is 25.0 Å². The molecule has 1 saturated carbocycles. The van der Waals surface area contributed by atoms with E-state index in [1.807, 2.05) is 13.1 Å². The first-order chi connectivity index (χ1) is 9.83. The molecule has 5 heteroatoms. The zero-order chi connectivity index (χ0) is 14.2. The summed E-state index contributed by atoms with van der Waals surface area (Å²) in [4.78, 5) is 11.2. The molecule has 0 saturated heterocycles. The first kappa shape index (κ1) is 15.2. The second-order valence-corrected chi connectivity index (χ2v) is 5.41. The molecule has 112 valence electrons. The van der Waals surface area contributed by atoms with Crippen LogP contribution >= 0.6 is 0 Å². The maximum absolute atomic E-state index is 9.27. The molecule has 0 unspecified atom stereocenters. The molecular formula is C15H26N4O. The Morgan fingerprint density at radius 1 is 1.25 bits per heavy atom. The summed E-state index contributed by atoms with van der Waals surface area (Å²) in [7, 11) is 0. The van der Waals surface area contributed by atoms with Crippen molar-refractivity contribution < 1.29 is 5.11 Å². The zero-order valence-corrected chi connectivity index (χ0v) is 12.4. The fourth-order valence-electron chi connectivity index (χ4n) is 2.88. The fraction of sp³-hybridized carbons (Fsp3) is 0.733. The van der Waals surface area contributed by atoms with Gasteiger partial charge in [0, 0.05) is 25.7 Å². The van der Waals surface area contributed by atoms with Crippen LogP contribution in [0.25, 0.3) is 0 Å². The second kappa shape index (κ2) is 8.17. The van der Waals surface area contributed by atoms with E-state index in [0.29, 0.717) is 6.04 Å². The normalized spacial score (nSPS) is 16.6. The largest absolute Gasteiger partial charge is 0.395 e.